The van der Waals surface area contributed by atoms with Crippen molar-refractivity contribution in [2.75, 3.05) is 0 Å². The van der Waals surface area contributed by atoms with Gasteiger partial charge >= 0.3 is 0 Å². The smallest absolute Gasteiger partial charge is 0.0965 e. The molecule has 2 nitrogen and oxygen atoms in total. The molecular weight excluding hydrogens is 520 g/mol. The van der Waals surface area contributed by atoms with Crippen LogP contribution in [-0.2, 0) is 6.42 Å². The highest BCUT2D eigenvalue weighted by atomic mass is 15.0. The van der Waals surface area contributed by atoms with Crippen molar-refractivity contribution in [2.24, 2.45) is 21.8 Å². The zero-order valence-electron chi connectivity index (χ0n) is 28.9. The van der Waals surface area contributed by atoms with E-state index in [-0.39, 0.29) is 0 Å². The van der Waals surface area contributed by atoms with E-state index < -0.39 is 0 Å². The SMILES string of the molecule is CCCCCCCCCCCCCCCCCCC([C+]1N=CC=N1)C(CCCCCCCCCCC)Cc1ccccc1. The molecule has 1 heterocycles. The molecule has 0 radical (unpaired) electrons. The van der Waals surface area contributed by atoms with Crippen LogP contribution < -0.4 is 0 Å². The minimum Gasteiger partial charge on any atom is -0.0965 e. The first-order valence-electron chi connectivity index (χ1n) is 19.3. The number of unbranched alkanes of at least 4 members (excludes halogenated alkanes) is 23. The first kappa shape index (κ1) is 37.6. The predicted molar refractivity (Wildman–Crippen MR) is 193 cm³/mol. The van der Waals surface area contributed by atoms with Crippen molar-refractivity contribution >= 4 is 12.4 Å². The molecule has 2 heteroatoms. The maximum Gasteiger partial charge on any atom is 0.244 e. The van der Waals surface area contributed by atoms with Crippen LogP contribution in [0.15, 0.2) is 40.3 Å². The van der Waals surface area contributed by atoms with E-state index >= 15 is 0 Å². The van der Waals surface area contributed by atoms with E-state index in [2.05, 4.69) is 44.2 Å². The second-order valence-electron chi connectivity index (χ2n) is 13.7. The molecule has 43 heavy (non-hydrogen) atoms. The number of aliphatic imine (C=N–C) groups is 2. The molecule has 1 aliphatic rings. The van der Waals surface area contributed by atoms with Gasteiger partial charge in [0.2, 0.25) is 6.17 Å². The molecule has 1 aromatic carbocycles. The quantitative estimate of drug-likeness (QED) is 0.0606. The lowest BCUT2D eigenvalue weighted by atomic mass is 9.78. The van der Waals surface area contributed by atoms with Gasteiger partial charge in [0.05, 0.1) is 5.92 Å². The normalized spacial score (nSPS) is 14.1. The first-order chi connectivity index (χ1) is 21.3. The van der Waals surface area contributed by atoms with Crippen LogP contribution in [0.1, 0.15) is 193 Å². The fraction of sp³-hybridized carbons (Fsp3) is 0.780. The Morgan fingerprint density at radius 3 is 1.26 bits per heavy atom. The van der Waals surface area contributed by atoms with Crippen molar-refractivity contribution in [3.8, 4) is 0 Å². The summed E-state index contributed by atoms with van der Waals surface area (Å²) in [5.41, 5.74) is 1.48. The molecule has 0 saturated carbocycles. The summed E-state index contributed by atoms with van der Waals surface area (Å²) in [6.07, 6.45) is 44.1. The molecule has 0 N–H and O–H groups in total. The molecule has 0 saturated heterocycles. The molecule has 2 rings (SSSR count). The summed E-state index contributed by atoms with van der Waals surface area (Å²) in [5.74, 6) is 1.14. The molecule has 0 aliphatic carbocycles. The molecule has 1 aromatic rings. The molecule has 0 fully saturated rings. The van der Waals surface area contributed by atoms with Crippen LogP contribution in [0.4, 0.5) is 0 Å². The Morgan fingerprint density at radius 1 is 0.465 bits per heavy atom. The van der Waals surface area contributed by atoms with Crippen LogP contribution in [0.5, 0.6) is 0 Å². The monoisotopic (exact) mass is 592 g/mol. The minimum absolute atomic E-state index is 0.496. The van der Waals surface area contributed by atoms with Gasteiger partial charge in [0.25, 0.3) is 0 Å². The van der Waals surface area contributed by atoms with Gasteiger partial charge in [0, 0.05) is 0 Å². The third kappa shape index (κ3) is 20.2. The van der Waals surface area contributed by atoms with Crippen LogP contribution in [0, 0.1) is 18.0 Å². The summed E-state index contributed by atoms with van der Waals surface area (Å²) in [6, 6.07) is 11.2. The summed E-state index contributed by atoms with van der Waals surface area (Å²) in [6.45, 7) is 4.61. The summed E-state index contributed by atoms with van der Waals surface area (Å²) in [4.78, 5) is 9.51. The molecule has 0 bridgehead atoms. The Bertz CT molecular complexity index is 757. The molecule has 0 spiro atoms. The van der Waals surface area contributed by atoms with Gasteiger partial charge in [-0.3, -0.25) is 0 Å². The van der Waals surface area contributed by atoms with Gasteiger partial charge in [-0.15, -0.1) is 0 Å². The fourth-order valence-corrected chi connectivity index (χ4v) is 7.01. The topological polar surface area (TPSA) is 24.7 Å². The molecule has 0 amide bonds. The van der Waals surface area contributed by atoms with Gasteiger partial charge in [-0.25, -0.2) is 0 Å². The van der Waals surface area contributed by atoms with Gasteiger partial charge < -0.3 is 0 Å². The fourth-order valence-electron chi connectivity index (χ4n) is 7.01. The van der Waals surface area contributed by atoms with Gasteiger partial charge in [-0.2, -0.15) is 0 Å². The van der Waals surface area contributed by atoms with Crippen molar-refractivity contribution in [2.45, 2.75) is 194 Å². The summed E-state index contributed by atoms with van der Waals surface area (Å²) in [7, 11) is 0. The predicted octanol–water partition coefficient (Wildman–Crippen LogP) is 13.7. The Balaban J connectivity index is 1.65. The second-order valence-corrected chi connectivity index (χ2v) is 13.7. The number of hydrogen-bond donors (Lipinski definition) is 0. The average molecular weight is 592 g/mol. The maximum atomic E-state index is 4.75. The Hall–Kier alpha value is -1.57. The molecule has 0 aromatic heterocycles. The van der Waals surface area contributed by atoms with E-state index in [1.807, 2.05) is 12.4 Å². The molecule has 2 atom stereocenters. The van der Waals surface area contributed by atoms with Crippen LogP contribution in [-0.4, -0.2) is 12.4 Å². The standard InChI is InChI=1S/C41H71N2/c1-3-5-7-9-11-13-14-15-16-17-18-19-21-23-25-30-34-40(41-42-35-36-43-41)39(37-38-31-27-26-28-32-38)33-29-24-22-20-12-10-8-6-4-2/h26-28,31-32,35-36,39-40H,3-25,29-30,33-34,37H2,1-2H3/q+1. The van der Waals surface area contributed by atoms with E-state index in [0.717, 1.165) is 12.6 Å². The number of benzene rings is 1. The van der Waals surface area contributed by atoms with Crippen molar-refractivity contribution in [1.29, 1.82) is 0 Å². The largest absolute Gasteiger partial charge is 0.244 e. The third-order valence-electron chi connectivity index (χ3n) is 9.77. The van der Waals surface area contributed by atoms with Crippen LogP contribution in [0.2, 0.25) is 0 Å². The second kappa shape index (κ2) is 27.9. The van der Waals surface area contributed by atoms with Gasteiger partial charge in [0.1, 0.15) is 0 Å². The molecule has 2 unspecified atom stereocenters. The van der Waals surface area contributed by atoms with E-state index in [0.29, 0.717) is 11.8 Å². The average Bonchev–Trinajstić information content (AvgIpc) is 3.57. The lowest BCUT2D eigenvalue weighted by molar-refractivity contribution is 0.284. The van der Waals surface area contributed by atoms with Crippen LogP contribution >= 0.6 is 0 Å². The van der Waals surface area contributed by atoms with E-state index in [4.69, 9.17) is 9.98 Å². The Labute approximate surface area is 269 Å². The minimum atomic E-state index is 0.496. The summed E-state index contributed by atoms with van der Waals surface area (Å²) < 4.78 is 0. The van der Waals surface area contributed by atoms with Gasteiger partial charge in [0.15, 0.2) is 12.4 Å². The van der Waals surface area contributed by atoms with Gasteiger partial charge in [-0.05, 0) is 30.7 Å². The highest BCUT2D eigenvalue weighted by molar-refractivity contribution is 6.18. The lowest BCUT2D eigenvalue weighted by Gasteiger charge is -2.26. The lowest BCUT2D eigenvalue weighted by Crippen LogP contribution is -2.22. The molecule has 244 valence electrons. The van der Waals surface area contributed by atoms with E-state index in [1.54, 1.807) is 0 Å². The summed E-state index contributed by atoms with van der Waals surface area (Å²) in [5, 5.41) is 0. The zero-order chi connectivity index (χ0) is 30.5. The first-order valence-corrected chi connectivity index (χ1v) is 19.3. The molecular formula is C41H71N2+. The van der Waals surface area contributed by atoms with E-state index in [1.165, 1.54) is 179 Å². The molecule has 1 aliphatic heterocycles. The maximum absolute atomic E-state index is 4.75. The number of hydrogen-bond acceptors (Lipinski definition) is 2. The van der Waals surface area contributed by atoms with Crippen molar-refractivity contribution in [3.05, 3.63) is 42.1 Å². The zero-order valence-corrected chi connectivity index (χ0v) is 28.9. The van der Waals surface area contributed by atoms with Crippen molar-refractivity contribution in [3.63, 3.8) is 0 Å². The van der Waals surface area contributed by atoms with Crippen molar-refractivity contribution < 1.29 is 0 Å². The summed E-state index contributed by atoms with van der Waals surface area (Å²) >= 11 is 0. The Morgan fingerprint density at radius 2 is 0.837 bits per heavy atom. The number of nitrogens with zero attached hydrogens (tertiary/aromatic N) is 2. The number of rotatable bonds is 31. The Kier molecular flexibility index (Phi) is 24.4. The third-order valence-corrected chi connectivity index (χ3v) is 9.77. The van der Waals surface area contributed by atoms with Crippen LogP contribution in [0.25, 0.3) is 0 Å². The van der Waals surface area contributed by atoms with Gasteiger partial charge in [-0.1, -0.05) is 215 Å². The van der Waals surface area contributed by atoms with E-state index in [9.17, 15) is 0 Å². The van der Waals surface area contributed by atoms with Crippen LogP contribution in [0.3, 0.4) is 0 Å². The highest BCUT2D eigenvalue weighted by Gasteiger charge is 2.35. The highest BCUT2D eigenvalue weighted by Crippen LogP contribution is 2.37. The van der Waals surface area contributed by atoms with Crippen molar-refractivity contribution in [1.82, 2.24) is 0 Å².